The number of carbonyl (C=O) groups is 2. The fourth-order valence-electron chi connectivity index (χ4n) is 3.09. The molecular formula is C22H24N4O5. The van der Waals surface area contributed by atoms with Gasteiger partial charge in [-0.1, -0.05) is 18.2 Å². The van der Waals surface area contributed by atoms with Gasteiger partial charge in [-0.2, -0.15) is 5.26 Å². The molecule has 1 heterocycles. The van der Waals surface area contributed by atoms with E-state index < -0.39 is 24.0 Å². The number of nitrogens with zero attached hydrogens (tertiary/aromatic N) is 2. The van der Waals surface area contributed by atoms with E-state index in [1.165, 1.54) is 4.90 Å². The third-order valence-electron chi connectivity index (χ3n) is 4.84. The SMILES string of the molecule is N#Cc1cccc(Oc2ccc(CNC(=O)[C@H](O)[C@@H](O)C(=O)N3CCNCC3)cc2)c1. The number of hydrogen-bond acceptors (Lipinski definition) is 7. The normalized spacial score (nSPS) is 15.5. The van der Waals surface area contributed by atoms with Crippen LogP contribution < -0.4 is 15.4 Å². The van der Waals surface area contributed by atoms with E-state index in [0.29, 0.717) is 43.2 Å². The number of hydrogen-bond donors (Lipinski definition) is 4. The van der Waals surface area contributed by atoms with Gasteiger partial charge in [-0.25, -0.2) is 0 Å². The van der Waals surface area contributed by atoms with Gasteiger partial charge in [-0.15, -0.1) is 0 Å². The van der Waals surface area contributed by atoms with Gasteiger partial charge in [0.1, 0.15) is 11.5 Å². The Hall–Kier alpha value is -3.45. The minimum absolute atomic E-state index is 0.106. The highest BCUT2D eigenvalue weighted by atomic mass is 16.5. The molecule has 3 rings (SSSR count). The van der Waals surface area contributed by atoms with Crippen molar-refractivity contribution in [2.45, 2.75) is 18.8 Å². The van der Waals surface area contributed by atoms with Crippen molar-refractivity contribution in [1.82, 2.24) is 15.5 Å². The summed E-state index contributed by atoms with van der Waals surface area (Å²) < 4.78 is 5.70. The van der Waals surface area contributed by atoms with E-state index >= 15 is 0 Å². The maximum Gasteiger partial charge on any atom is 0.254 e. The van der Waals surface area contributed by atoms with Gasteiger partial charge >= 0.3 is 0 Å². The highest BCUT2D eigenvalue weighted by molar-refractivity contribution is 5.90. The molecular weight excluding hydrogens is 400 g/mol. The minimum Gasteiger partial charge on any atom is -0.457 e. The number of benzene rings is 2. The van der Waals surface area contributed by atoms with Gasteiger partial charge in [0.05, 0.1) is 11.6 Å². The fourth-order valence-corrected chi connectivity index (χ4v) is 3.09. The lowest BCUT2D eigenvalue weighted by Gasteiger charge is -2.30. The predicted octanol–water partition coefficient (Wildman–Crippen LogP) is 0.120. The second kappa shape index (κ2) is 10.5. The average molecular weight is 424 g/mol. The molecule has 1 fully saturated rings. The molecule has 0 aromatic heterocycles. The predicted molar refractivity (Wildman–Crippen MR) is 111 cm³/mol. The average Bonchev–Trinajstić information content (AvgIpc) is 2.82. The first kappa shape index (κ1) is 22.2. The van der Waals surface area contributed by atoms with Gasteiger partial charge in [-0.3, -0.25) is 9.59 Å². The molecule has 0 unspecified atom stereocenters. The van der Waals surface area contributed by atoms with Gasteiger partial charge in [0.25, 0.3) is 11.8 Å². The fraction of sp³-hybridized carbons (Fsp3) is 0.318. The van der Waals surface area contributed by atoms with Crippen LogP contribution in [0.15, 0.2) is 48.5 Å². The van der Waals surface area contributed by atoms with Crippen molar-refractivity contribution in [2.24, 2.45) is 0 Å². The van der Waals surface area contributed by atoms with Crippen LogP contribution in [0.25, 0.3) is 0 Å². The van der Waals surface area contributed by atoms with Crippen LogP contribution in [0.5, 0.6) is 11.5 Å². The van der Waals surface area contributed by atoms with Crippen molar-refractivity contribution in [1.29, 1.82) is 5.26 Å². The lowest BCUT2D eigenvalue weighted by atomic mass is 10.1. The van der Waals surface area contributed by atoms with Crippen LogP contribution in [0.3, 0.4) is 0 Å². The number of piperazine rings is 1. The van der Waals surface area contributed by atoms with E-state index in [1.54, 1.807) is 48.5 Å². The number of nitrogens with one attached hydrogen (secondary N) is 2. The molecule has 0 spiro atoms. The van der Waals surface area contributed by atoms with Gasteiger partial charge in [-0.05, 0) is 35.9 Å². The van der Waals surface area contributed by atoms with E-state index in [2.05, 4.69) is 10.6 Å². The first-order valence-electron chi connectivity index (χ1n) is 9.88. The third-order valence-corrected chi connectivity index (χ3v) is 4.84. The molecule has 1 aliphatic rings. The van der Waals surface area contributed by atoms with Crippen molar-refractivity contribution < 1.29 is 24.5 Å². The number of rotatable bonds is 7. The smallest absolute Gasteiger partial charge is 0.254 e. The van der Waals surface area contributed by atoms with Crippen LogP contribution in [-0.2, 0) is 16.1 Å². The van der Waals surface area contributed by atoms with Crippen molar-refractivity contribution >= 4 is 11.8 Å². The van der Waals surface area contributed by atoms with Crippen LogP contribution in [0, 0.1) is 11.3 Å². The summed E-state index contributed by atoms with van der Waals surface area (Å²) >= 11 is 0. The molecule has 9 heteroatoms. The molecule has 0 saturated carbocycles. The Kier molecular flexibility index (Phi) is 7.56. The number of amides is 2. The van der Waals surface area contributed by atoms with Gasteiger partial charge in [0, 0.05) is 32.7 Å². The zero-order valence-electron chi connectivity index (χ0n) is 16.8. The molecule has 4 N–H and O–H groups in total. The van der Waals surface area contributed by atoms with Crippen LogP contribution in [-0.4, -0.2) is 65.3 Å². The lowest BCUT2D eigenvalue weighted by Crippen LogP contribution is -2.54. The topological polar surface area (TPSA) is 135 Å². The molecule has 31 heavy (non-hydrogen) atoms. The van der Waals surface area contributed by atoms with Crippen molar-refractivity contribution in [2.75, 3.05) is 26.2 Å². The largest absolute Gasteiger partial charge is 0.457 e. The molecule has 162 valence electrons. The molecule has 0 radical (unpaired) electrons. The monoisotopic (exact) mass is 424 g/mol. The van der Waals surface area contributed by atoms with Gasteiger partial charge in [0.15, 0.2) is 12.2 Å². The summed E-state index contributed by atoms with van der Waals surface area (Å²) in [7, 11) is 0. The first-order chi connectivity index (χ1) is 15.0. The Morgan fingerprint density at radius 3 is 2.48 bits per heavy atom. The minimum atomic E-state index is -1.85. The van der Waals surface area contributed by atoms with Crippen LogP contribution >= 0.6 is 0 Å². The van der Waals surface area contributed by atoms with Crippen molar-refractivity contribution in [3.05, 3.63) is 59.7 Å². The standard InChI is InChI=1S/C22H24N4O5/c23-13-16-2-1-3-18(12-16)31-17-6-4-15(5-7-17)14-25-21(29)19(27)20(28)22(30)26-10-8-24-9-11-26/h1-7,12,19-20,24,27-28H,8-11,14H2,(H,25,29)/t19-,20-/m1/s1. The Labute approximate surface area is 179 Å². The van der Waals surface area contributed by atoms with Gasteiger partial charge < -0.3 is 30.5 Å². The number of aliphatic hydroxyl groups excluding tert-OH is 2. The molecule has 2 amide bonds. The molecule has 2 atom stereocenters. The molecule has 0 bridgehead atoms. The third kappa shape index (κ3) is 6.02. The highest BCUT2D eigenvalue weighted by Gasteiger charge is 2.33. The number of carbonyl (C=O) groups excluding carboxylic acids is 2. The second-order valence-electron chi connectivity index (χ2n) is 7.07. The molecule has 0 aliphatic carbocycles. The quantitative estimate of drug-likeness (QED) is 0.496. The Balaban J connectivity index is 1.50. The first-order valence-corrected chi connectivity index (χ1v) is 9.88. The summed E-state index contributed by atoms with van der Waals surface area (Å²) in [4.78, 5) is 25.8. The van der Waals surface area contributed by atoms with Crippen molar-refractivity contribution in [3.8, 4) is 17.6 Å². The summed E-state index contributed by atoms with van der Waals surface area (Å²) in [6.45, 7) is 2.14. The zero-order chi connectivity index (χ0) is 22.2. The van der Waals surface area contributed by atoms with Gasteiger partial charge in [0.2, 0.25) is 0 Å². The van der Waals surface area contributed by atoms with E-state index in [4.69, 9.17) is 10.00 Å². The lowest BCUT2D eigenvalue weighted by molar-refractivity contribution is -0.153. The number of aliphatic hydroxyl groups is 2. The Bertz CT molecular complexity index is 951. The summed E-state index contributed by atoms with van der Waals surface area (Å²) in [5, 5.41) is 34.6. The molecule has 1 aliphatic heterocycles. The molecule has 2 aromatic rings. The zero-order valence-corrected chi connectivity index (χ0v) is 16.8. The second-order valence-corrected chi connectivity index (χ2v) is 7.07. The summed E-state index contributed by atoms with van der Waals surface area (Å²) in [6, 6.07) is 15.7. The van der Waals surface area contributed by atoms with E-state index in [1.807, 2.05) is 6.07 Å². The molecule has 9 nitrogen and oxygen atoms in total. The van der Waals surface area contributed by atoms with E-state index in [-0.39, 0.29) is 6.54 Å². The maximum absolute atomic E-state index is 12.2. The van der Waals surface area contributed by atoms with Crippen LogP contribution in [0.4, 0.5) is 0 Å². The number of nitriles is 1. The number of ether oxygens (including phenoxy) is 1. The Morgan fingerprint density at radius 2 is 1.81 bits per heavy atom. The van der Waals surface area contributed by atoms with E-state index in [0.717, 1.165) is 5.56 Å². The molecule has 2 aromatic carbocycles. The molecule has 1 saturated heterocycles. The van der Waals surface area contributed by atoms with Crippen LogP contribution in [0.2, 0.25) is 0 Å². The Morgan fingerprint density at radius 1 is 1.10 bits per heavy atom. The summed E-state index contributed by atoms with van der Waals surface area (Å²) in [5.41, 5.74) is 1.23. The summed E-state index contributed by atoms with van der Waals surface area (Å²) in [5.74, 6) is -0.399. The highest BCUT2D eigenvalue weighted by Crippen LogP contribution is 2.22. The maximum atomic E-state index is 12.2. The van der Waals surface area contributed by atoms with Crippen LogP contribution in [0.1, 0.15) is 11.1 Å². The summed E-state index contributed by atoms with van der Waals surface area (Å²) in [6.07, 6.45) is -3.66. The van der Waals surface area contributed by atoms with E-state index in [9.17, 15) is 19.8 Å². The van der Waals surface area contributed by atoms with Crippen molar-refractivity contribution in [3.63, 3.8) is 0 Å².